The van der Waals surface area contributed by atoms with Crippen LogP contribution in [-0.2, 0) is 7.05 Å². The molecule has 0 unspecified atom stereocenters. The predicted molar refractivity (Wildman–Crippen MR) is 98.5 cm³/mol. The fourth-order valence-corrected chi connectivity index (χ4v) is 2.82. The van der Waals surface area contributed by atoms with E-state index in [-0.39, 0.29) is 5.56 Å². The van der Waals surface area contributed by atoms with Gasteiger partial charge in [0.25, 0.3) is 5.56 Å². The van der Waals surface area contributed by atoms with Crippen molar-refractivity contribution in [1.82, 2.24) is 19.5 Å². The molecule has 3 aromatic heterocycles. The van der Waals surface area contributed by atoms with Crippen LogP contribution in [0.3, 0.4) is 0 Å². The number of halogens is 1. The molecular formula is C19H13ClN4O. The molecule has 0 aliphatic heterocycles. The predicted octanol–water partition coefficient (Wildman–Crippen LogP) is 3.71. The Morgan fingerprint density at radius 3 is 2.60 bits per heavy atom. The van der Waals surface area contributed by atoms with Gasteiger partial charge in [-0.05, 0) is 30.3 Å². The second kappa shape index (κ2) is 6.11. The molecule has 0 N–H and O–H groups in total. The zero-order chi connectivity index (χ0) is 17.4. The Morgan fingerprint density at radius 2 is 1.88 bits per heavy atom. The smallest absolute Gasteiger partial charge is 0.261 e. The van der Waals surface area contributed by atoms with E-state index >= 15 is 0 Å². The second-order valence-electron chi connectivity index (χ2n) is 5.66. The van der Waals surface area contributed by atoms with Gasteiger partial charge in [-0.3, -0.25) is 9.78 Å². The molecule has 6 heteroatoms. The van der Waals surface area contributed by atoms with Crippen LogP contribution < -0.4 is 5.56 Å². The number of nitrogens with zero attached hydrogens (tertiary/aromatic N) is 4. The molecule has 5 nitrogen and oxygen atoms in total. The van der Waals surface area contributed by atoms with Gasteiger partial charge in [-0.1, -0.05) is 23.7 Å². The molecule has 0 saturated heterocycles. The number of aromatic nitrogens is 4. The summed E-state index contributed by atoms with van der Waals surface area (Å²) in [5.74, 6) is 0. The summed E-state index contributed by atoms with van der Waals surface area (Å²) in [6.07, 6.45) is 4.92. The maximum absolute atomic E-state index is 12.6. The third-order valence-corrected chi connectivity index (χ3v) is 4.23. The van der Waals surface area contributed by atoms with Gasteiger partial charge in [-0.25, -0.2) is 9.97 Å². The highest BCUT2D eigenvalue weighted by Crippen LogP contribution is 2.28. The number of hydrogen-bond acceptors (Lipinski definition) is 4. The highest BCUT2D eigenvalue weighted by atomic mass is 35.5. The van der Waals surface area contributed by atoms with Crippen molar-refractivity contribution in [2.45, 2.75) is 0 Å². The van der Waals surface area contributed by atoms with E-state index in [0.29, 0.717) is 27.3 Å². The maximum atomic E-state index is 12.6. The largest absolute Gasteiger partial charge is 0.302 e. The molecule has 0 aliphatic carbocycles. The average molecular weight is 349 g/mol. The van der Waals surface area contributed by atoms with Crippen LogP contribution in [0.15, 0.2) is 66.0 Å². The molecule has 0 radical (unpaired) electrons. The average Bonchev–Trinajstić information content (AvgIpc) is 2.65. The zero-order valence-electron chi connectivity index (χ0n) is 13.3. The number of rotatable bonds is 2. The van der Waals surface area contributed by atoms with Crippen LogP contribution in [-0.4, -0.2) is 19.5 Å². The van der Waals surface area contributed by atoms with E-state index in [2.05, 4.69) is 9.97 Å². The van der Waals surface area contributed by atoms with Gasteiger partial charge in [-0.2, -0.15) is 0 Å². The van der Waals surface area contributed by atoms with Crippen LogP contribution in [0.25, 0.3) is 33.4 Å². The highest BCUT2D eigenvalue weighted by molar-refractivity contribution is 6.30. The van der Waals surface area contributed by atoms with Crippen molar-refractivity contribution in [2.24, 2.45) is 7.05 Å². The SMILES string of the molecule is Cn1cnc2c(-c3cccnc3)nc(-c3ccc(Cl)cc3)cc2c1=O. The standard InChI is InChI=1S/C19H13ClN4O/c1-24-11-22-18-15(19(24)25)9-16(12-4-6-14(20)7-5-12)23-17(18)13-3-2-8-21-10-13/h2-11H,1H3. The van der Waals surface area contributed by atoms with Gasteiger partial charge < -0.3 is 4.57 Å². The van der Waals surface area contributed by atoms with E-state index < -0.39 is 0 Å². The normalized spacial score (nSPS) is 11.0. The minimum absolute atomic E-state index is 0.118. The monoisotopic (exact) mass is 348 g/mol. The molecule has 0 fully saturated rings. The van der Waals surface area contributed by atoms with Gasteiger partial charge in [0.05, 0.1) is 23.1 Å². The molecule has 0 amide bonds. The van der Waals surface area contributed by atoms with E-state index in [4.69, 9.17) is 16.6 Å². The summed E-state index contributed by atoms with van der Waals surface area (Å²) in [5, 5.41) is 1.17. The Kier molecular flexibility index (Phi) is 3.78. The highest BCUT2D eigenvalue weighted by Gasteiger charge is 2.14. The van der Waals surface area contributed by atoms with E-state index in [1.807, 2.05) is 24.3 Å². The second-order valence-corrected chi connectivity index (χ2v) is 6.10. The van der Waals surface area contributed by atoms with Gasteiger partial charge in [0.1, 0.15) is 5.52 Å². The van der Waals surface area contributed by atoms with Crippen molar-refractivity contribution in [2.75, 3.05) is 0 Å². The molecule has 3 heterocycles. The molecule has 0 spiro atoms. The molecule has 0 aliphatic rings. The first kappa shape index (κ1) is 15.5. The first-order valence-corrected chi connectivity index (χ1v) is 8.04. The van der Waals surface area contributed by atoms with Crippen LogP contribution >= 0.6 is 11.6 Å². The van der Waals surface area contributed by atoms with Gasteiger partial charge in [0.15, 0.2) is 0 Å². The molecule has 122 valence electrons. The van der Waals surface area contributed by atoms with Gasteiger partial charge in [0.2, 0.25) is 0 Å². The summed E-state index contributed by atoms with van der Waals surface area (Å²) >= 11 is 5.98. The number of hydrogen-bond donors (Lipinski definition) is 0. The molecule has 4 rings (SSSR count). The Balaban J connectivity index is 2.07. The van der Waals surface area contributed by atoms with E-state index in [1.165, 1.54) is 10.9 Å². The Bertz CT molecular complexity index is 1120. The van der Waals surface area contributed by atoms with Crippen molar-refractivity contribution in [3.63, 3.8) is 0 Å². The van der Waals surface area contributed by atoms with Crippen LogP contribution in [0, 0.1) is 0 Å². The van der Waals surface area contributed by atoms with E-state index in [0.717, 1.165) is 11.1 Å². The fourth-order valence-electron chi connectivity index (χ4n) is 2.69. The third kappa shape index (κ3) is 2.79. The quantitative estimate of drug-likeness (QED) is 0.554. The van der Waals surface area contributed by atoms with Gasteiger partial charge >= 0.3 is 0 Å². The lowest BCUT2D eigenvalue weighted by atomic mass is 10.1. The topological polar surface area (TPSA) is 60.7 Å². The molecule has 4 aromatic rings. The van der Waals surface area contributed by atoms with Gasteiger partial charge in [0, 0.05) is 35.6 Å². The van der Waals surface area contributed by atoms with Crippen LogP contribution in [0.2, 0.25) is 5.02 Å². The van der Waals surface area contributed by atoms with Gasteiger partial charge in [-0.15, -0.1) is 0 Å². The van der Waals surface area contributed by atoms with Crippen molar-refractivity contribution in [3.8, 4) is 22.5 Å². The Labute approximate surface area is 148 Å². The minimum atomic E-state index is -0.118. The van der Waals surface area contributed by atoms with Crippen LogP contribution in [0.1, 0.15) is 0 Å². The number of benzene rings is 1. The van der Waals surface area contributed by atoms with E-state index in [1.54, 1.807) is 37.6 Å². The lowest BCUT2D eigenvalue weighted by Crippen LogP contribution is -2.17. The van der Waals surface area contributed by atoms with Crippen LogP contribution in [0.4, 0.5) is 0 Å². The molecule has 1 aromatic carbocycles. The molecule has 0 bridgehead atoms. The lowest BCUT2D eigenvalue weighted by molar-refractivity contribution is 0.842. The summed E-state index contributed by atoms with van der Waals surface area (Å²) in [4.78, 5) is 25.9. The van der Waals surface area contributed by atoms with Crippen molar-refractivity contribution >= 4 is 22.5 Å². The molecule has 0 saturated carbocycles. The Hall–Kier alpha value is -3.05. The van der Waals surface area contributed by atoms with Crippen molar-refractivity contribution in [1.29, 1.82) is 0 Å². The molecular weight excluding hydrogens is 336 g/mol. The number of pyridine rings is 2. The Morgan fingerprint density at radius 1 is 1.08 bits per heavy atom. The third-order valence-electron chi connectivity index (χ3n) is 3.98. The minimum Gasteiger partial charge on any atom is -0.302 e. The maximum Gasteiger partial charge on any atom is 0.261 e. The number of aryl methyl sites for hydroxylation is 1. The summed E-state index contributed by atoms with van der Waals surface area (Å²) in [7, 11) is 1.68. The first-order chi connectivity index (χ1) is 12.1. The summed E-state index contributed by atoms with van der Waals surface area (Å²) in [6, 6.07) is 12.9. The summed E-state index contributed by atoms with van der Waals surface area (Å²) < 4.78 is 1.46. The number of fused-ring (bicyclic) bond motifs is 1. The van der Waals surface area contributed by atoms with Crippen LogP contribution in [0.5, 0.6) is 0 Å². The van der Waals surface area contributed by atoms with Crippen molar-refractivity contribution in [3.05, 3.63) is 76.6 Å². The summed E-state index contributed by atoms with van der Waals surface area (Å²) in [6.45, 7) is 0. The first-order valence-electron chi connectivity index (χ1n) is 7.66. The van der Waals surface area contributed by atoms with Crippen molar-refractivity contribution < 1.29 is 0 Å². The van der Waals surface area contributed by atoms with E-state index in [9.17, 15) is 4.79 Å². The lowest BCUT2D eigenvalue weighted by Gasteiger charge is -2.10. The molecule has 25 heavy (non-hydrogen) atoms. The zero-order valence-corrected chi connectivity index (χ0v) is 14.1. The molecule has 0 atom stereocenters. The fraction of sp³-hybridized carbons (Fsp3) is 0.0526. The summed E-state index contributed by atoms with van der Waals surface area (Å²) in [5.41, 5.74) is 3.45.